The first kappa shape index (κ1) is 27.6. The molecule has 0 rings (SSSR count). The van der Waals surface area contributed by atoms with Crippen molar-refractivity contribution in [3.8, 4) is 0 Å². The molecule has 0 saturated heterocycles. The zero-order valence-corrected chi connectivity index (χ0v) is 17.9. The first-order valence-corrected chi connectivity index (χ1v) is 10.0. The average Bonchev–Trinajstić information content (AvgIpc) is 2.70. The summed E-state index contributed by atoms with van der Waals surface area (Å²) in [6.45, 7) is 2.67. The molecule has 0 bridgehead atoms. The van der Waals surface area contributed by atoms with Gasteiger partial charge in [0.2, 0.25) is 23.6 Å². The molecule has 13 heteroatoms. The lowest BCUT2D eigenvalue weighted by Crippen LogP contribution is -2.59. The summed E-state index contributed by atoms with van der Waals surface area (Å²) in [5.41, 5.74) is 10.5. The number of carbonyl (C=O) groups excluding carboxylic acids is 4. The van der Waals surface area contributed by atoms with E-state index in [1.165, 1.54) is 0 Å². The SMILES string of the molecule is CCC(C)C(NC(=O)C(CO)NC(=O)C(N)CS)C(=O)NC(CCC(N)=O)C(=O)O. The number of hydrogen-bond acceptors (Lipinski definition) is 8. The average molecular weight is 450 g/mol. The van der Waals surface area contributed by atoms with Gasteiger partial charge in [0.15, 0.2) is 0 Å². The van der Waals surface area contributed by atoms with Gasteiger partial charge in [-0.15, -0.1) is 0 Å². The molecule has 0 heterocycles. The number of nitrogens with two attached hydrogens (primary N) is 2. The summed E-state index contributed by atoms with van der Waals surface area (Å²) in [4.78, 5) is 59.2. The quantitative estimate of drug-likeness (QED) is 0.128. The number of rotatable bonds is 14. The molecule has 0 radical (unpaired) electrons. The van der Waals surface area contributed by atoms with Crippen LogP contribution in [0.5, 0.6) is 0 Å². The maximum atomic E-state index is 12.6. The lowest BCUT2D eigenvalue weighted by molar-refractivity contribution is -0.143. The van der Waals surface area contributed by atoms with Crippen LogP contribution >= 0.6 is 12.6 Å². The Bertz CT molecular complexity index is 634. The van der Waals surface area contributed by atoms with Gasteiger partial charge in [-0.3, -0.25) is 19.2 Å². The first-order valence-electron chi connectivity index (χ1n) is 9.37. The van der Waals surface area contributed by atoms with Gasteiger partial charge in [-0.2, -0.15) is 12.6 Å². The van der Waals surface area contributed by atoms with Crippen molar-refractivity contribution in [3.63, 3.8) is 0 Å². The topological polar surface area (TPSA) is 214 Å². The van der Waals surface area contributed by atoms with Crippen molar-refractivity contribution in [1.29, 1.82) is 0 Å². The van der Waals surface area contributed by atoms with E-state index >= 15 is 0 Å². The van der Waals surface area contributed by atoms with Crippen LogP contribution in [0.1, 0.15) is 33.1 Å². The number of thiol groups is 1. The lowest BCUT2D eigenvalue weighted by Gasteiger charge is -2.27. The largest absolute Gasteiger partial charge is 0.480 e. The zero-order valence-electron chi connectivity index (χ0n) is 17.0. The summed E-state index contributed by atoms with van der Waals surface area (Å²) >= 11 is 3.88. The standard InChI is InChI=1S/C17H31N5O7S/c1-3-8(2)13(16(27)20-10(17(28)29)4-5-12(19)24)22-15(26)11(6-23)21-14(25)9(18)7-30/h8-11,13,23,30H,3-7,18H2,1-2H3,(H2,19,24)(H,20,27)(H,21,25)(H,22,26)(H,28,29). The van der Waals surface area contributed by atoms with Crippen LogP contribution in [-0.2, 0) is 24.0 Å². The lowest BCUT2D eigenvalue weighted by atomic mass is 9.97. The van der Waals surface area contributed by atoms with E-state index in [0.29, 0.717) is 6.42 Å². The highest BCUT2D eigenvalue weighted by Gasteiger charge is 2.32. The van der Waals surface area contributed by atoms with Gasteiger partial charge in [0, 0.05) is 12.2 Å². The fraction of sp³-hybridized carbons (Fsp3) is 0.706. The Morgan fingerprint density at radius 2 is 1.57 bits per heavy atom. The van der Waals surface area contributed by atoms with Crippen LogP contribution in [0.25, 0.3) is 0 Å². The molecule has 0 aliphatic heterocycles. The van der Waals surface area contributed by atoms with Gasteiger partial charge in [0.05, 0.1) is 12.6 Å². The summed E-state index contributed by atoms with van der Waals surface area (Å²) in [5, 5.41) is 25.6. The van der Waals surface area contributed by atoms with Crippen LogP contribution in [0.4, 0.5) is 0 Å². The Kier molecular flexibility index (Phi) is 12.7. The number of carbonyl (C=O) groups is 5. The minimum atomic E-state index is -1.38. The zero-order chi connectivity index (χ0) is 23.4. The second-order valence-corrected chi connectivity index (χ2v) is 7.17. The smallest absolute Gasteiger partial charge is 0.326 e. The highest BCUT2D eigenvalue weighted by molar-refractivity contribution is 7.80. The predicted molar refractivity (Wildman–Crippen MR) is 110 cm³/mol. The number of nitrogens with one attached hydrogen (secondary N) is 3. The van der Waals surface area contributed by atoms with Crippen LogP contribution in [-0.4, -0.2) is 76.3 Å². The molecule has 0 aliphatic carbocycles. The van der Waals surface area contributed by atoms with Gasteiger partial charge in [0.1, 0.15) is 18.1 Å². The van der Waals surface area contributed by atoms with Gasteiger partial charge in [-0.25, -0.2) is 4.79 Å². The molecule has 12 nitrogen and oxygen atoms in total. The number of amides is 4. The molecule has 5 atom stereocenters. The van der Waals surface area contributed by atoms with Crippen LogP contribution in [0.2, 0.25) is 0 Å². The number of carboxylic acid groups (broad SMARTS) is 1. The Morgan fingerprint density at radius 1 is 1.00 bits per heavy atom. The van der Waals surface area contributed by atoms with Gasteiger partial charge >= 0.3 is 5.97 Å². The van der Waals surface area contributed by atoms with E-state index in [1.54, 1.807) is 13.8 Å². The van der Waals surface area contributed by atoms with Crippen molar-refractivity contribution >= 4 is 42.2 Å². The minimum absolute atomic E-state index is 0.0192. The molecule has 0 aromatic heterocycles. The third-order valence-corrected chi connectivity index (χ3v) is 4.83. The highest BCUT2D eigenvalue weighted by atomic mass is 32.1. The predicted octanol–water partition coefficient (Wildman–Crippen LogP) is -2.91. The molecular formula is C17H31N5O7S. The molecule has 30 heavy (non-hydrogen) atoms. The maximum absolute atomic E-state index is 12.6. The maximum Gasteiger partial charge on any atom is 0.326 e. The van der Waals surface area contributed by atoms with E-state index in [4.69, 9.17) is 11.5 Å². The molecule has 4 amide bonds. The van der Waals surface area contributed by atoms with E-state index in [1.807, 2.05) is 0 Å². The Labute approximate surface area is 179 Å². The molecule has 0 fully saturated rings. The summed E-state index contributed by atoms with van der Waals surface area (Å²) in [5.74, 6) is -4.81. The van der Waals surface area contributed by atoms with E-state index in [2.05, 4.69) is 28.6 Å². The number of carboxylic acids is 1. The number of aliphatic hydroxyl groups is 1. The molecule has 0 saturated carbocycles. The van der Waals surface area contributed by atoms with Crippen molar-refractivity contribution in [1.82, 2.24) is 16.0 Å². The number of aliphatic hydroxyl groups excluding tert-OH is 1. The molecule has 5 unspecified atom stereocenters. The Hall–Kier alpha value is -2.38. The normalized spacial score (nSPS) is 15.8. The van der Waals surface area contributed by atoms with E-state index in [9.17, 15) is 34.2 Å². The third kappa shape index (κ3) is 9.41. The van der Waals surface area contributed by atoms with Crippen LogP contribution < -0.4 is 27.4 Å². The summed E-state index contributed by atoms with van der Waals surface area (Å²) in [6.07, 6.45) is -0.00575. The van der Waals surface area contributed by atoms with Crippen molar-refractivity contribution in [2.75, 3.05) is 12.4 Å². The van der Waals surface area contributed by atoms with Gasteiger partial charge in [0.25, 0.3) is 0 Å². The molecule has 0 aliphatic rings. The highest BCUT2D eigenvalue weighted by Crippen LogP contribution is 2.10. The van der Waals surface area contributed by atoms with Crippen LogP contribution in [0.15, 0.2) is 0 Å². The minimum Gasteiger partial charge on any atom is -0.480 e. The summed E-state index contributed by atoms with van der Waals surface area (Å²) < 4.78 is 0. The van der Waals surface area contributed by atoms with E-state index < -0.39 is 66.3 Å². The summed E-state index contributed by atoms with van der Waals surface area (Å²) in [6, 6.07) is -4.89. The van der Waals surface area contributed by atoms with Crippen LogP contribution in [0.3, 0.4) is 0 Å². The van der Waals surface area contributed by atoms with Crippen molar-refractivity contribution in [2.45, 2.75) is 57.3 Å². The van der Waals surface area contributed by atoms with Crippen molar-refractivity contribution in [2.24, 2.45) is 17.4 Å². The van der Waals surface area contributed by atoms with E-state index in [0.717, 1.165) is 0 Å². The monoisotopic (exact) mass is 449 g/mol. The van der Waals surface area contributed by atoms with Crippen molar-refractivity contribution in [3.05, 3.63) is 0 Å². The fourth-order valence-electron chi connectivity index (χ4n) is 2.32. The molecular weight excluding hydrogens is 418 g/mol. The third-order valence-electron chi connectivity index (χ3n) is 4.44. The number of primary amides is 1. The first-order chi connectivity index (χ1) is 14.0. The van der Waals surface area contributed by atoms with Crippen molar-refractivity contribution < 1.29 is 34.2 Å². The van der Waals surface area contributed by atoms with Gasteiger partial charge < -0.3 is 37.6 Å². The van der Waals surface area contributed by atoms with Gasteiger partial charge in [-0.1, -0.05) is 20.3 Å². The molecule has 0 aromatic rings. The molecule has 0 spiro atoms. The second kappa shape index (κ2) is 13.8. The van der Waals surface area contributed by atoms with Crippen LogP contribution in [0, 0.1) is 5.92 Å². The second-order valence-electron chi connectivity index (χ2n) is 6.81. The van der Waals surface area contributed by atoms with E-state index in [-0.39, 0.29) is 18.6 Å². The molecule has 0 aromatic carbocycles. The Morgan fingerprint density at radius 3 is 2.00 bits per heavy atom. The summed E-state index contributed by atoms with van der Waals surface area (Å²) in [7, 11) is 0. The number of aliphatic carboxylic acids is 1. The molecule has 9 N–H and O–H groups in total. The molecule has 172 valence electrons. The van der Waals surface area contributed by atoms with Gasteiger partial charge in [-0.05, 0) is 12.3 Å². The fourth-order valence-corrected chi connectivity index (χ4v) is 2.48. The number of hydrogen-bond donors (Lipinski definition) is 8. The Balaban J connectivity index is 5.31.